The van der Waals surface area contributed by atoms with Gasteiger partial charge in [-0.15, -0.1) is 0 Å². The number of amides is 1. The lowest BCUT2D eigenvalue weighted by Gasteiger charge is -2.09. The molecule has 0 aliphatic rings. The molecule has 0 spiro atoms. The minimum Gasteiger partial charge on any atom is -0.321 e. The molecule has 1 N–H and O–H groups in total. The lowest BCUT2D eigenvalue weighted by Crippen LogP contribution is -2.16. The zero-order chi connectivity index (χ0) is 16.4. The third-order valence-electron chi connectivity index (χ3n) is 3.45. The van der Waals surface area contributed by atoms with E-state index in [1.165, 1.54) is 6.20 Å². The number of benzene rings is 1. The molecule has 0 bridgehead atoms. The summed E-state index contributed by atoms with van der Waals surface area (Å²) in [6, 6.07) is 5.69. The van der Waals surface area contributed by atoms with Gasteiger partial charge in [0.1, 0.15) is 6.33 Å². The number of rotatable bonds is 3. The summed E-state index contributed by atoms with van der Waals surface area (Å²) in [6.45, 7) is 4.00. The second-order valence-electron chi connectivity index (χ2n) is 5.09. The molecule has 116 valence electrons. The van der Waals surface area contributed by atoms with Gasteiger partial charge in [-0.2, -0.15) is 0 Å². The van der Waals surface area contributed by atoms with Crippen LogP contribution in [0.25, 0.3) is 5.95 Å². The molecule has 23 heavy (non-hydrogen) atoms. The van der Waals surface area contributed by atoms with Gasteiger partial charge in [-0.1, -0.05) is 17.7 Å². The van der Waals surface area contributed by atoms with Crippen LogP contribution in [-0.2, 0) is 0 Å². The minimum atomic E-state index is -0.387. The summed E-state index contributed by atoms with van der Waals surface area (Å²) < 4.78 is 1.60. The Kier molecular flexibility index (Phi) is 4.08. The topological polar surface area (TPSA) is 72.7 Å². The van der Waals surface area contributed by atoms with Gasteiger partial charge in [0.2, 0.25) is 5.95 Å². The van der Waals surface area contributed by atoms with Crippen LogP contribution in [0.2, 0.25) is 5.02 Å². The predicted molar refractivity (Wildman–Crippen MR) is 88.0 cm³/mol. The monoisotopic (exact) mass is 327 g/mol. The number of hydrogen-bond acceptors (Lipinski definition) is 4. The van der Waals surface area contributed by atoms with E-state index in [2.05, 4.69) is 20.3 Å². The summed E-state index contributed by atoms with van der Waals surface area (Å²) in [4.78, 5) is 24.7. The third kappa shape index (κ3) is 3.22. The Morgan fingerprint density at radius 3 is 2.78 bits per heavy atom. The Morgan fingerprint density at radius 2 is 2.09 bits per heavy atom. The molecule has 1 amide bonds. The van der Waals surface area contributed by atoms with E-state index in [0.717, 1.165) is 11.1 Å². The van der Waals surface area contributed by atoms with Gasteiger partial charge in [-0.05, 0) is 37.1 Å². The Morgan fingerprint density at radius 1 is 1.26 bits per heavy atom. The van der Waals surface area contributed by atoms with Gasteiger partial charge in [0.05, 0.1) is 11.2 Å². The molecular weight excluding hydrogens is 314 g/mol. The van der Waals surface area contributed by atoms with Crippen molar-refractivity contribution in [1.82, 2.24) is 19.5 Å². The Balaban J connectivity index is 1.89. The van der Waals surface area contributed by atoms with E-state index in [9.17, 15) is 4.79 Å². The summed E-state index contributed by atoms with van der Waals surface area (Å²) in [6.07, 6.45) is 6.24. The lowest BCUT2D eigenvalue weighted by atomic mass is 10.1. The molecule has 0 aliphatic carbocycles. The van der Waals surface area contributed by atoms with Gasteiger partial charge >= 0.3 is 0 Å². The highest BCUT2D eigenvalue weighted by Gasteiger charge is 2.15. The van der Waals surface area contributed by atoms with E-state index in [1.54, 1.807) is 23.3 Å². The third-order valence-corrected chi connectivity index (χ3v) is 3.72. The van der Waals surface area contributed by atoms with Crippen molar-refractivity contribution < 1.29 is 4.79 Å². The van der Waals surface area contributed by atoms with E-state index >= 15 is 0 Å². The number of carbonyl (C=O) groups is 1. The van der Waals surface area contributed by atoms with E-state index in [-0.39, 0.29) is 16.6 Å². The average Bonchev–Trinajstić information content (AvgIpc) is 3.06. The number of nitrogens with one attached hydrogen (secondary N) is 1. The Hall–Kier alpha value is -2.73. The molecule has 1 aromatic carbocycles. The largest absolute Gasteiger partial charge is 0.321 e. The number of anilines is 1. The first-order valence-electron chi connectivity index (χ1n) is 6.94. The fourth-order valence-electron chi connectivity index (χ4n) is 2.03. The van der Waals surface area contributed by atoms with Crippen molar-refractivity contribution in [3.05, 3.63) is 65.0 Å². The van der Waals surface area contributed by atoms with Crippen molar-refractivity contribution >= 4 is 23.2 Å². The van der Waals surface area contributed by atoms with Gasteiger partial charge in [-0.25, -0.2) is 15.0 Å². The summed E-state index contributed by atoms with van der Waals surface area (Å²) in [5.74, 6) is -0.0563. The first-order valence-corrected chi connectivity index (χ1v) is 7.32. The number of hydrogen-bond donors (Lipinski definition) is 1. The zero-order valence-corrected chi connectivity index (χ0v) is 13.4. The van der Waals surface area contributed by atoms with Crippen molar-refractivity contribution in [3.8, 4) is 5.95 Å². The fourth-order valence-corrected chi connectivity index (χ4v) is 2.21. The molecule has 2 heterocycles. The first-order chi connectivity index (χ1) is 11.0. The highest BCUT2D eigenvalue weighted by atomic mass is 35.5. The molecule has 0 saturated carbocycles. The number of imidazole rings is 1. The van der Waals surface area contributed by atoms with Crippen molar-refractivity contribution in [2.45, 2.75) is 13.8 Å². The second-order valence-corrected chi connectivity index (χ2v) is 5.50. The molecule has 0 atom stereocenters. The maximum Gasteiger partial charge on any atom is 0.276 e. The van der Waals surface area contributed by atoms with Crippen molar-refractivity contribution in [2.24, 2.45) is 0 Å². The fraction of sp³-hybridized carbons (Fsp3) is 0.125. The van der Waals surface area contributed by atoms with Gasteiger partial charge in [0.15, 0.2) is 5.69 Å². The molecule has 3 rings (SSSR count). The van der Waals surface area contributed by atoms with Crippen LogP contribution in [0.1, 0.15) is 21.6 Å². The predicted octanol–water partition coefficient (Wildman–Crippen LogP) is 3.18. The quantitative estimate of drug-likeness (QED) is 0.802. The lowest BCUT2D eigenvalue weighted by molar-refractivity contribution is 0.102. The van der Waals surface area contributed by atoms with Gasteiger partial charge in [-0.3, -0.25) is 9.36 Å². The van der Waals surface area contributed by atoms with Crippen molar-refractivity contribution in [1.29, 1.82) is 0 Å². The highest BCUT2D eigenvalue weighted by Crippen LogP contribution is 2.18. The van der Waals surface area contributed by atoms with Crippen LogP contribution < -0.4 is 5.32 Å². The van der Waals surface area contributed by atoms with Gasteiger partial charge in [0, 0.05) is 18.1 Å². The van der Waals surface area contributed by atoms with Crippen molar-refractivity contribution in [2.75, 3.05) is 5.32 Å². The maximum atomic E-state index is 12.4. The summed E-state index contributed by atoms with van der Waals surface area (Å²) in [5.41, 5.74) is 3.06. The molecule has 0 fully saturated rings. The Labute approximate surface area is 138 Å². The van der Waals surface area contributed by atoms with Crippen molar-refractivity contribution in [3.63, 3.8) is 0 Å². The minimum absolute atomic E-state index is 0.114. The van der Waals surface area contributed by atoms with Crippen LogP contribution in [0, 0.1) is 13.8 Å². The standard InChI is InChI=1S/C16H14ClN5O/c1-10-3-4-12(7-11(10)2)20-15(23)14-13(17)8-19-16(21-14)22-6-5-18-9-22/h3-9H,1-2H3,(H,20,23). The average molecular weight is 328 g/mol. The summed E-state index contributed by atoms with van der Waals surface area (Å²) in [5, 5.41) is 2.99. The second kappa shape index (κ2) is 6.18. The van der Waals surface area contributed by atoms with Crippen LogP contribution in [0.15, 0.2) is 43.1 Å². The number of aromatic nitrogens is 4. The molecule has 6 nitrogen and oxygen atoms in total. The summed E-state index contributed by atoms with van der Waals surface area (Å²) in [7, 11) is 0. The van der Waals surface area contributed by atoms with Crippen LogP contribution in [0.4, 0.5) is 5.69 Å². The molecule has 0 unspecified atom stereocenters. The van der Waals surface area contributed by atoms with Crippen LogP contribution in [0.3, 0.4) is 0 Å². The first kappa shape index (κ1) is 15.2. The molecular formula is C16H14ClN5O. The number of nitrogens with zero attached hydrogens (tertiary/aromatic N) is 4. The SMILES string of the molecule is Cc1ccc(NC(=O)c2nc(-n3ccnc3)ncc2Cl)cc1C. The number of halogens is 1. The molecule has 0 saturated heterocycles. The number of aryl methyl sites for hydroxylation is 2. The van der Waals surface area contributed by atoms with E-state index in [0.29, 0.717) is 11.6 Å². The Bertz CT molecular complexity index is 861. The van der Waals surface area contributed by atoms with E-state index in [4.69, 9.17) is 11.6 Å². The van der Waals surface area contributed by atoms with Crippen LogP contribution in [-0.4, -0.2) is 25.4 Å². The molecule has 0 aliphatic heterocycles. The molecule has 7 heteroatoms. The molecule has 0 radical (unpaired) electrons. The number of carbonyl (C=O) groups excluding carboxylic acids is 1. The maximum absolute atomic E-state index is 12.4. The van der Waals surface area contributed by atoms with Gasteiger partial charge in [0.25, 0.3) is 5.91 Å². The van der Waals surface area contributed by atoms with Crippen LogP contribution >= 0.6 is 11.6 Å². The van der Waals surface area contributed by atoms with E-state index < -0.39 is 0 Å². The summed E-state index contributed by atoms with van der Waals surface area (Å²) >= 11 is 6.06. The highest BCUT2D eigenvalue weighted by molar-refractivity contribution is 6.33. The van der Waals surface area contributed by atoms with E-state index in [1.807, 2.05) is 32.0 Å². The normalized spacial score (nSPS) is 10.6. The van der Waals surface area contributed by atoms with Crippen LogP contribution in [0.5, 0.6) is 0 Å². The molecule has 3 aromatic rings. The zero-order valence-electron chi connectivity index (χ0n) is 12.6. The van der Waals surface area contributed by atoms with Gasteiger partial charge < -0.3 is 5.32 Å². The molecule has 2 aromatic heterocycles. The smallest absolute Gasteiger partial charge is 0.276 e.